The van der Waals surface area contributed by atoms with E-state index in [1.165, 1.54) is 6.07 Å². The fourth-order valence-electron chi connectivity index (χ4n) is 1.78. The molecule has 0 saturated heterocycles. The lowest BCUT2D eigenvalue weighted by atomic mass is 10.1. The molecule has 0 fully saturated rings. The smallest absolute Gasteiger partial charge is 0.207 e. The molecule has 0 aromatic heterocycles. The van der Waals surface area contributed by atoms with Crippen molar-refractivity contribution in [1.82, 2.24) is 4.72 Å². The van der Waals surface area contributed by atoms with Gasteiger partial charge in [0.1, 0.15) is 4.90 Å². The molecule has 0 aliphatic rings. The molecule has 2 rings (SSSR count). The lowest BCUT2D eigenvalue weighted by molar-refractivity contribution is 0.567. The van der Waals surface area contributed by atoms with Gasteiger partial charge in [-0.15, -0.1) is 0 Å². The molecule has 2 aromatic rings. The standard InChI is InChI=1S/C14H13BrClNO2S/c1-10(11-6-8-12(15)9-7-11)17-20(18,19)14-5-3-2-4-13(14)16/h2-10,17H,1H3/t10-/m1/s1. The van der Waals surface area contributed by atoms with Crippen molar-refractivity contribution in [3.63, 3.8) is 0 Å². The zero-order chi connectivity index (χ0) is 14.8. The largest absolute Gasteiger partial charge is 0.242 e. The molecule has 106 valence electrons. The van der Waals surface area contributed by atoms with E-state index in [0.717, 1.165) is 10.0 Å². The fraction of sp³-hybridized carbons (Fsp3) is 0.143. The van der Waals surface area contributed by atoms with Crippen molar-refractivity contribution in [2.75, 3.05) is 0 Å². The van der Waals surface area contributed by atoms with Gasteiger partial charge in [-0.3, -0.25) is 0 Å². The van der Waals surface area contributed by atoms with Crippen LogP contribution in [0.3, 0.4) is 0 Å². The first kappa shape index (κ1) is 15.5. The summed E-state index contributed by atoms with van der Waals surface area (Å²) in [5, 5.41) is 0.211. The van der Waals surface area contributed by atoms with E-state index < -0.39 is 10.0 Å². The summed E-state index contributed by atoms with van der Waals surface area (Å²) in [7, 11) is -3.64. The Morgan fingerprint density at radius 3 is 2.30 bits per heavy atom. The molecule has 20 heavy (non-hydrogen) atoms. The van der Waals surface area contributed by atoms with Gasteiger partial charge in [-0.05, 0) is 36.8 Å². The summed E-state index contributed by atoms with van der Waals surface area (Å²) in [6.07, 6.45) is 0. The third-order valence-electron chi connectivity index (χ3n) is 2.83. The summed E-state index contributed by atoms with van der Waals surface area (Å²) in [4.78, 5) is 0.0885. The lowest BCUT2D eigenvalue weighted by Gasteiger charge is -2.15. The van der Waals surface area contributed by atoms with Crippen LogP contribution in [0.1, 0.15) is 18.5 Å². The predicted molar refractivity (Wildman–Crippen MR) is 84.3 cm³/mol. The average molecular weight is 375 g/mol. The Morgan fingerprint density at radius 2 is 1.70 bits per heavy atom. The van der Waals surface area contributed by atoms with E-state index in [4.69, 9.17) is 11.6 Å². The number of nitrogens with one attached hydrogen (secondary N) is 1. The van der Waals surface area contributed by atoms with Crippen LogP contribution in [0, 0.1) is 0 Å². The van der Waals surface area contributed by atoms with E-state index in [2.05, 4.69) is 20.7 Å². The lowest BCUT2D eigenvalue weighted by Crippen LogP contribution is -2.27. The Morgan fingerprint density at radius 1 is 1.10 bits per heavy atom. The summed E-state index contributed by atoms with van der Waals surface area (Å²) < 4.78 is 28.2. The van der Waals surface area contributed by atoms with Crippen molar-refractivity contribution in [3.05, 3.63) is 63.6 Å². The number of benzene rings is 2. The molecule has 0 bridgehead atoms. The summed E-state index contributed by atoms with van der Waals surface area (Å²) >= 11 is 9.28. The Labute approximate surface area is 132 Å². The second-order valence-corrected chi connectivity index (χ2v) is 7.33. The second-order valence-electron chi connectivity index (χ2n) is 4.32. The quantitative estimate of drug-likeness (QED) is 0.874. The maximum absolute atomic E-state index is 12.3. The normalized spacial score (nSPS) is 13.2. The maximum Gasteiger partial charge on any atom is 0.242 e. The molecule has 0 spiro atoms. The molecule has 0 aliphatic carbocycles. The molecule has 0 radical (unpaired) electrons. The fourth-order valence-corrected chi connectivity index (χ4v) is 3.79. The first-order valence-electron chi connectivity index (χ1n) is 5.92. The molecule has 3 nitrogen and oxygen atoms in total. The number of halogens is 2. The third kappa shape index (κ3) is 3.61. The van der Waals surface area contributed by atoms with E-state index in [1.807, 2.05) is 24.3 Å². The first-order valence-corrected chi connectivity index (χ1v) is 8.58. The highest BCUT2D eigenvalue weighted by Gasteiger charge is 2.20. The van der Waals surface area contributed by atoms with Crippen molar-refractivity contribution < 1.29 is 8.42 Å². The van der Waals surface area contributed by atoms with Gasteiger partial charge < -0.3 is 0 Å². The van der Waals surface area contributed by atoms with Crippen molar-refractivity contribution in [1.29, 1.82) is 0 Å². The minimum Gasteiger partial charge on any atom is -0.207 e. The molecular formula is C14H13BrClNO2S. The molecular weight excluding hydrogens is 362 g/mol. The van der Waals surface area contributed by atoms with E-state index in [0.29, 0.717) is 0 Å². The second kappa shape index (κ2) is 6.26. The Kier molecular flexibility index (Phi) is 4.86. The van der Waals surface area contributed by atoms with Crippen molar-refractivity contribution in [2.24, 2.45) is 0 Å². The number of hydrogen-bond acceptors (Lipinski definition) is 2. The zero-order valence-electron chi connectivity index (χ0n) is 10.7. The van der Waals surface area contributed by atoms with Crippen LogP contribution in [-0.2, 0) is 10.0 Å². The highest BCUT2D eigenvalue weighted by Crippen LogP contribution is 2.23. The Balaban J connectivity index is 2.24. The van der Waals surface area contributed by atoms with Gasteiger partial charge in [-0.25, -0.2) is 13.1 Å². The molecule has 0 amide bonds. The highest BCUT2D eigenvalue weighted by atomic mass is 79.9. The van der Waals surface area contributed by atoms with Crippen LogP contribution in [0.4, 0.5) is 0 Å². The minimum atomic E-state index is -3.64. The van der Waals surface area contributed by atoms with Crippen molar-refractivity contribution in [3.8, 4) is 0 Å². The van der Waals surface area contributed by atoms with Crippen LogP contribution in [0.25, 0.3) is 0 Å². The van der Waals surface area contributed by atoms with Gasteiger partial charge in [-0.2, -0.15) is 0 Å². The maximum atomic E-state index is 12.3. The van der Waals surface area contributed by atoms with Crippen LogP contribution in [0.5, 0.6) is 0 Å². The van der Waals surface area contributed by atoms with Crippen LogP contribution in [0.2, 0.25) is 5.02 Å². The molecule has 1 N–H and O–H groups in total. The molecule has 0 unspecified atom stereocenters. The van der Waals surface area contributed by atoms with E-state index in [9.17, 15) is 8.42 Å². The first-order chi connectivity index (χ1) is 9.40. The predicted octanol–water partition coefficient (Wildman–Crippen LogP) is 4.14. The van der Waals surface area contributed by atoms with Gasteiger partial charge in [-0.1, -0.05) is 51.8 Å². The average Bonchev–Trinajstić information content (AvgIpc) is 2.39. The summed E-state index contributed by atoms with van der Waals surface area (Å²) in [5.41, 5.74) is 0.879. The van der Waals surface area contributed by atoms with E-state index in [1.54, 1.807) is 25.1 Å². The van der Waals surface area contributed by atoms with Crippen LogP contribution >= 0.6 is 27.5 Å². The van der Waals surface area contributed by atoms with Gasteiger partial charge in [0.15, 0.2) is 0 Å². The van der Waals surface area contributed by atoms with Gasteiger partial charge in [0.2, 0.25) is 10.0 Å². The van der Waals surface area contributed by atoms with Crippen molar-refractivity contribution in [2.45, 2.75) is 17.9 Å². The highest BCUT2D eigenvalue weighted by molar-refractivity contribution is 9.10. The summed E-state index contributed by atoms with van der Waals surface area (Å²) in [6.45, 7) is 1.79. The molecule has 1 atom stereocenters. The number of sulfonamides is 1. The molecule has 0 aliphatic heterocycles. The van der Waals surface area contributed by atoms with Gasteiger partial charge in [0.25, 0.3) is 0 Å². The van der Waals surface area contributed by atoms with Gasteiger partial charge in [0, 0.05) is 10.5 Å². The number of hydrogen-bond donors (Lipinski definition) is 1. The number of rotatable bonds is 4. The third-order valence-corrected chi connectivity index (χ3v) is 5.40. The van der Waals surface area contributed by atoms with Crippen LogP contribution in [0.15, 0.2) is 57.9 Å². The Bertz CT molecular complexity index is 701. The zero-order valence-corrected chi connectivity index (χ0v) is 13.8. The van der Waals surface area contributed by atoms with E-state index >= 15 is 0 Å². The van der Waals surface area contributed by atoms with Crippen molar-refractivity contribution >= 4 is 37.6 Å². The molecule has 0 heterocycles. The topological polar surface area (TPSA) is 46.2 Å². The van der Waals surface area contributed by atoms with Gasteiger partial charge >= 0.3 is 0 Å². The monoisotopic (exact) mass is 373 g/mol. The SMILES string of the molecule is C[C@@H](NS(=O)(=O)c1ccccc1Cl)c1ccc(Br)cc1. The van der Waals surface area contributed by atoms with Gasteiger partial charge in [0.05, 0.1) is 5.02 Å². The summed E-state index contributed by atoms with van der Waals surface area (Å²) in [6, 6.07) is 13.5. The molecule has 6 heteroatoms. The Hall–Kier alpha value is -0.880. The summed E-state index contributed by atoms with van der Waals surface area (Å²) in [5.74, 6) is 0. The van der Waals surface area contributed by atoms with Crippen LogP contribution < -0.4 is 4.72 Å². The molecule has 2 aromatic carbocycles. The minimum absolute atomic E-state index is 0.0885. The van der Waals surface area contributed by atoms with E-state index in [-0.39, 0.29) is 16.0 Å². The van der Waals surface area contributed by atoms with Crippen LogP contribution in [-0.4, -0.2) is 8.42 Å². The molecule has 0 saturated carbocycles.